The Balaban J connectivity index is 1.39. The molecule has 8 nitrogen and oxygen atoms in total. The second-order valence-electron chi connectivity index (χ2n) is 7.92. The van der Waals surface area contributed by atoms with E-state index in [1.807, 2.05) is 35.0 Å². The van der Waals surface area contributed by atoms with Gasteiger partial charge in [0.2, 0.25) is 11.8 Å². The SMILES string of the molecule is CCN1CCC(n2nccc2NC(=O)C2CC(=O)N(c3ccc(OC)cc3)C2)CC1. The maximum Gasteiger partial charge on any atom is 0.230 e. The molecule has 2 saturated heterocycles. The minimum absolute atomic E-state index is 0.0410. The van der Waals surface area contributed by atoms with Crippen LogP contribution in [0.4, 0.5) is 11.5 Å². The van der Waals surface area contributed by atoms with Crippen molar-refractivity contribution < 1.29 is 14.3 Å². The van der Waals surface area contributed by atoms with E-state index in [1.165, 1.54) is 0 Å². The van der Waals surface area contributed by atoms with Crippen molar-refractivity contribution in [3.8, 4) is 5.75 Å². The van der Waals surface area contributed by atoms with Crippen molar-refractivity contribution in [2.45, 2.75) is 32.2 Å². The molecule has 30 heavy (non-hydrogen) atoms. The van der Waals surface area contributed by atoms with E-state index in [9.17, 15) is 9.59 Å². The molecule has 1 unspecified atom stereocenters. The number of hydrogen-bond acceptors (Lipinski definition) is 5. The zero-order valence-corrected chi connectivity index (χ0v) is 17.6. The van der Waals surface area contributed by atoms with E-state index < -0.39 is 0 Å². The van der Waals surface area contributed by atoms with Crippen LogP contribution in [0.2, 0.25) is 0 Å². The van der Waals surface area contributed by atoms with Gasteiger partial charge in [-0.15, -0.1) is 0 Å². The highest BCUT2D eigenvalue weighted by molar-refractivity contribution is 6.03. The summed E-state index contributed by atoms with van der Waals surface area (Å²) in [6, 6.07) is 9.45. The lowest BCUT2D eigenvalue weighted by molar-refractivity contribution is -0.122. The molecule has 0 aliphatic carbocycles. The molecular weight excluding hydrogens is 382 g/mol. The topological polar surface area (TPSA) is 79.7 Å². The summed E-state index contributed by atoms with van der Waals surface area (Å²) in [4.78, 5) is 29.5. The number of anilines is 2. The first kappa shape index (κ1) is 20.4. The molecule has 2 fully saturated rings. The number of methoxy groups -OCH3 is 1. The van der Waals surface area contributed by atoms with E-state index in [0.717, 1.165) is 43.9 Å². The van der Waals surface area contributed by atoms with Crippen LogP contribution in [0.5, 0.6) is 5.75 Å². The average Bonchev–Trinajstić information content (AvgIpc) is 3.40. The lowest BCUT2D eigenvalue weighted by Crippen LogP contribution is -2.35. The number of nitrogens with one attached hydrogen (secondary N) is 1. The van der Waals surface area contributed by atoms with Gasteiger partial charge in [-0.05, 0) is 43.7 Å². The third-order valence-corrected chi connectivity index (χ3v) is 6.15. The molecule has 4 rings (SSSR count). The van der Waals surface area contributed by atoms with Crippen LogP contribution in [0.25, 0.3) is 0 Å². The van der Waals surface area contributed by atoms with Gasteiger partial charge in [0, 0.05) is 37.8 Å². The quantitative estimate of drug-likeness (QED) is 0.790. The standard InChI is InChI=1S/C22H29N5O3/c1-3-25-12-9-18(10-13-25)27-20(8-11-23-27)24-22(29)16-14-21(28)26(15-16)17-4-6-19(30-2)7-5-17/h4-8,11,16,18H,3,9-10,12-15H2,1-2H3,(H,24,29). The summed E-state index contributed by atoms with van der Waals surface area (Å²) in [5, 5.41) is 7.47. The van der Waals surface area contributed by atoms with Gasteiger partial charge < -0.3 is 19.9 Å². The average molecular weight is 412 g/mol. The van der Waals surface area contributed by atoms with E-state index in [1.54, 1.807) is 18.2 Å². The number of piperidine rings is 1. The lowest BCUT2D eigenvalue weighted by atomic mass is 10.1. The molecule has 160 valence electrons. The largest absolute Gasteiger partial charge is 0.497 e. The maximum atomic E-state index is 12.9. The predicted octanol–water partition coefficient (Wildman–Crippen LogP) is 2.54. The van der Waals surface area contributed by atoms with Crippen LogP contribution in [0.15, 0.2) is 36.5 Å². The van der Waals surface area contributed by atoms with Gasteiger partial charge >= 0.3 is 0 Å². The molecule has 1 atom stereocenters. The smallest absolute Gasteiger partial charge is 0.230 e. The van der Waals surface area contributed by atoms with Crippen molar-refractivity contribution in [1.29, 1.82) is 0 Å². The number of carbonyl (C=O) groups excluding carboxylic acids is 2. The number of likely N-dealkylation sites (tertiary alicyclic amines) is 1. The summed E-state index contributed by atoms with van der Waals surface area (Å²) in [6.07, 6.45) is 3.98. The van der Waals surface area contributed by atoms with Gasteiger partial charge in [-0.2, -0.15) is 5.10 Å². The number of aromatic nitrogens is 2. The lowest BCUT2D eigenvalue weighted by Gasteiger charge is -2.31. The third kappa shape index (κ3) is 4.18. The van der Waals surface area contributed by atoms with Crippen molar-refractivity contribution in [2.24, 2.45) is 5.92 Å². The number of benzene rings is 1. The summed E-state index contributed by atoms with van der Waals surface area (Å²) in [7, 11) is 1.61. The monoisotopic (exact) mass is 411 g/mol. The van der Waals surface area contributed by atoms with Crippen LogP contribution in [0.3, 0.4) is 0 Å². The fourth-order valence-electron chi connectivity index (χ4n) is 4.31. The van der Waals surface area contributed by atoms with Crippen LogP contribution < -0.4 is 15.0 Å². The summed E-state index contributed by atoms with van der Waals surface area (Å²) in [6.45, 7) is 5.71. The van der Waals surface area contributed by atoms with Gasteiger partial charge in [-0.1, -0.05) is 6.92 Å². The first-order valence-electron chi connectivity index (χ1n) is 10.6. The van der Waals surface area contributed by atoms with E-state index >= 15 is 0 Å². The number of amides is 2. The highest BCUT2D eigenvalue weighted by Gasteiger charge is 2.35. The Morgan fingerprint density at radius 2 is 1.93 bits per heavy atom. The number of ether oxygens (including phenoxy) is 1. The zero-order chi connectivity index (χ0) is 21.1. The van der Waals surface area contributed by atoms with Crippen LogP contribution in [-0.4, -0.2) is 59.8 Å². The van der Waals surface area contributed by atoms with Crippen LogP contribution in [-0.2, 0) is 9.59 Å². The number of carbonyl (C=O) groups is 2. The summed E-state index contributed by atoms with van der Waals surface area (Å²) < 4.78 is 7.11. The molecule has 1 aromatic heterocycles. The van der Waals surface area contributed by atoms with Crippen LogP contribution in [0.1, 0.15) is 32.2 Å². The molecule has 1 N–H and O–H groups in total. The van der Waals surface area contributed by atoms with Crippen molar-refractivity contribution in [1.82, 2.24) is 14.7 Å². The van der Waals surface area contributed by atoms with Gasteiger partial charge in [0.1, 0.15) is 11.6 Å². The van der Waals surface area contributed by atoms with Crippen molar-refractivity contribution >= 4 is 23.3 Å². The van der Waals surface area contributed by atoms with Gasteiger partial charge in [-0.3, -0.25) is 9.59 Å². The Hall–Kier alpha value is -2.87. The van der Waals surface area contributed by atoms with Crippen molar-refractivity contribution in [2.75, 3.05) is 43.5 Å². The van der Waals surface area contributed by atoms with Crippen molar-refractivity contribution in [3.63, 3.8) is 0 Å². The molecule has 8 heteroatoms. The molecule has 0 spiro atoms. The molecule has 0 bridgehead atoms. The summed E-state index contributed by atoms with van der Waals surface area (Å²) >= 11 is 0. The van der Waals surface area contributed by atoms with E-state index in [-0.39, 0.29) is 24.2 Å². The minimum Gasteiger partial charge on any atom is -0.497 e. The number of rotatable bonds is 6. The molecule has 2 aliphatic heterocycles. The molecule has 2 aromatic rings. The maximum absolute atomic E-state index is 12.9. The van der Waals surface area contributed by atoms with Gasteiger partial charge in [0.15, 0.2) is 0 Å². The second-order valence-corrected chi connectivity index (χ2v) is 7.92. The Bertz CT molecular complexity index is 886. The molecule has 2 aliphatic rings. The van der Waals surface area contributed by atoms with E-state index in [0.29, 0.717) is 18.4 Å². The van der Waals surface area contributed by atoms with Gasteiger partial charge in [0.05, 0.1) is 25.3 Å². The van der Waals surface area contributed by atoms with Crippen LogP contribution in [0, 0.1) is 5.92 Å². The molecule has 0 radical (unpaired) electrons. The number of nitrogens with zero attached hydrogens (tertiary/aromatic N) is 4. The molecular formula is C22H29N5O3. The van der Waals surface area contributed by atoms with Crippen molar-refractivity contribution in [3.05, 3.63) is 36.5 Å². The van der Waals surface area contributed by atoms with E-state index in [4.69, 9.17) is 4.74 Å². The Morgan fingerprint density at radius 3 is 2.60 bits per heavy atom. The molecule has 2 amide bonds. The Kier molecular flexibility index (Phi) is 6.03. The fourth-order valence-corrected chi connectivity index (χ4v) is 4.31. The molecule has 1 aromatic carbocycles. The third-order valence-electron chi connectivity index (χ3n) is 6.15. The second kappa shape index (κ2) is 8.87. The van der Waals surface area contributed by atoms with E-state index in [2.05, 4.69) is 22.2 Å². The first-order valence-corrected chi connectivity index (χ1v) is 10.6. The predicted molar refractivity (Wildman–Crippen MR) is 115 cm³/mol. The van der Waals surface area contributed by atoms with Crippen LogP contribution >= 0.6 is 0 Å². The highest BCUT2D eigenvalue weighted by atomic mass is 16.5. The molecule has 3 heterocycles. The molecule has 0 saturated carbocycles. The minimum atomic E-state index is -0.384. The first-order chi connectivity index (χ1) is 14.6. The zero-order valence-electron chi connectivity index (χ0n) is 17.6. The highest BCUT2D eigenvalue weighted by Crippen LogP contribution is 2.29. The normalized spacial score (nSPS) is 20.5. The fraction of sp³-hybridized carbons (Fsp3) is 0.500. The Labute approximate surface area is 176 Å². The Morgan fingerprint density at radius 1 is 1.20 bits per heavy atom. The van der Waals surface area contributed by atoms with Gasteiger partial charge in [-0.25, -0.2) is 4.68 Å². The summed E-state index contributed by atoms with van der Waals surface area (Å²) in [5.41, 5.74) is 0.781. The number of hydrogen-bond donors (Lipinski definition) is 1. The van der Waals surface area contributed by atoms with Gasteiger partial charge in [0.25, 0.3) is 0 Å². The summed E-state index contributed by atoms with van der Waals surface area (Å²) in [5.74, 6) is 0.890.